The van der Waals surface area contributed by atoms with Gasteiger partial charge in [0.2, 0.25) is 0 Å². The van der Waals surface area contributed by atoms with Crippen molar-refractivity contribution in [1.29, 1.82) is 0 Å². The van der Waals surface area contributed by atoms with Gasteiger partial charge in [0.15, 0.2) is 0 Å². The molecule has 0 saturated heterocycles. The van der Waals surface area contributed by atoms with Crippen molar-refractivity contribution >= 4 is 77.6 Å². The van der Waals surface area contributed by atoms with Gasteiger partial charge in [-0.15, -0.1) is 0 Å². The number of halogens is 4. The normalized spacial score (nSPS) is 10.3. The molecule has 2 aromatic carbocycles. The molecule has 0 unspecified atom stereocenters. The highest BCUT2D eigenvalue weighted by atomic mass is 127. The average molecular weight is 515 g/mol. The topological polar surface area (TPSA) is 29.1 Å². The average Bonchev–Trinajstić information content (AvgIpc) is 2.35. The monoisotopic (exact) mass is 513 g/mol. The van der Waals surface area contributed by atoms with Crippen molar-refractivity contribution in [1.82, 2.24) is 0 Å². The third kappa shape index (κ3) is 3.93. The van der Waals surface area contributed by atoms with E-state index >= 15 is 0 Å². The molecule has 98 valence electrons. The molecule has 0 aliphatic rings. The van der Waals surface area contributed by atoms with E-state index in [4.69, 9.17) is 11.6 Å². The highest BCUT2D eigenvalue weighted by molar-refractivity contribution is 14.1. The van der Waals surface area contributed by atoms with Crippen LogP contribution in [0.2, 0.25) is 5.02 Å². The Morgan fingerprint density at radius 3 is 2.42 bits per heavy atom. The van der Waals surface area contributed by atoms with Gasteiger partial charge in [0, 0.05) is 12.5 Å². The molecule has 2 aromatic rings. The van der Waals surface area contributed by atoms with Crippen LogP contribution in [-0.4, -0.2) is 5.91 Å². The quantitative estimate of drug-likeness (QED) is 0.510. The highest BCUT2D eigenvalue weighted by Gasteiger charge is 2.12. The van der Waals surface area contributed by atoms with E-state index in [0.717, 1.165) is 18.2 Å². The van der Waals surface area contributed by atoms with Crippen molar-refractivity contribution in [3.63, 3.8) is 0 Å². The van der Waals surface area contributed by atoms with Gasteiger partial charge >= 0.3 is 0 Å². The van der Waals surface area contributed by atoms with Gasteiger partial charge in [-0.25, -0.2) is 0 Å². The maximum absolute atomic E-state index is 12.2. The fourth-order valence-corrected chi connectivity index (χ4v) is 3.46. The molecule has 0 heterocycles. The molecule has 19 heavy (non-hydrogen) atoms. The number of benzene rings is 2. The molecule has 1 amide bonds. The Bertz CT molecular complexity index is 649. The van der Waals surface area contributed by atoms with Gasteiger partial charge in [-0.05, 0) is 59.0 Å². The predicted octanol–water partition coefficient (Wildman–Crippen LogP) is 5.72. The van der Waals surface area contributed by atoms with E-state index in [1.54, 1.807) is 18.2 Å². The molecule has 0 bridgehead atoms. The van der Waals surface area contributed by atoms with Crippen LogP contribution in [-0.2, 0) is 0 Å². The summed E-state index contributed by atoms with van der Waals surface area (Å²) in [4.78, 5) is 12.2. The highest BCUT2D eigenvalue weighted by Crippen LogP contribution is 2.25. The standard InChI is InChI=1S/C13H7Br2ClINO/c14-7-1-3-10(16)9(5-7)13(19)18-12-4-2-8(15)6-11(12)17/h1-6H,(H,18,19). The minimum absolute atomic E-state index is 0.230. The lowest BCUT2D eigenvalue weighted by Crippen LogP contribution is -2.13. The molecule has 0 aliphatic heterocycles. The van der Waals surface area contributed by atoms with Crippen molar-refractivity contribution < 1.29 is 4.79 Å². The van der Waals surface area contributed by atoms with Gasteiger partial charge < -0.3 is 5.32 Å². The maximum atomic E-state index is 12.2. The van der Waals surface area contributed by atoms with E-state index in [9.17, 15) is 4.79 Å². The lowest BCUT2D eigenvalue weighted by Gasteiger charge is -2.09. The van der Waals surface area contributed by atoms with Crippen LogP contribution in [0.1, 0.15) is 10.4 Å². The van der Waals surface area contributed by atoms with Crippen LogP contribution in [0.25, 0.3) is 0 Å². The van der Waals surface area contributed by atoms with Crippen LogP contribution in [0.3, 0.4) is 0 Å². The summed E-state index contributed by atoms with van der Waals surface area (Å²) in [6, 6.07) is 10.8. The summed E-state index contributed by atoms with van der Waals surface area (Å²) in [7, 11) is 0. The van der Waals surface area contributed by atoms with E-state index in [2.05, 4.69) is 59.8 Å². The molecule has 2 rings (SSSR count). The minimum atomic E-state index is -0.230. The molecule has 0 aromatic heterocycles. The number of nitrogens with one attached hydrogen (secondary N) is 1. The number of anilines is 1. The van der Waals surface area contributed by atoms with Gasteiger partial charge in [0.05, 0.1) is 16.3 Å². The first kappa shape index (κ1) is 15.3. The first-order valence-electron chi connectivity index (χ1n) is 5.19. The zero-order chi connectivity index (χ0) is 14.0. The second kappa shape index (κ2) is 6.56. The third-order valence-corrected chi connectivity index (χ3v) is 4.56. The second-order valence-electron chi connectivity index (χ2n) is 3.70. The molecule has 0 saturated carbocycles. The predicted molar refractivity (Wildman–Crippen MR) is 94.0 cm³/mol. The minimum Gasteiger partial charge on any atom is -0.321 e. The van der Waals surface area contributed by atoms with Crippen LogP contribution < -0.4 is 5.32 Å². The van der Waals surface area contributed by atoms with Crippen LogP contribution >= 0.6 is 66.1 Å². The van der Waals surface area contributed by atoms with E-state index in [0.29, 0.717) is 10.6 Å². The number of carbonyl (C=O) groups excluding carboxylic acids is 1. The lowest BCUT2D eigenvalue weighted by atomic mass is 10.2. The third-order valence-electron chi connectivity index (χ3n) is 2.35. The SMILES string of the molecule is O=C(Nc1ccc(Br)cc1I)c1cc(Br)ccc1Cl. The fourth-order valence-electron chi connectivity index (χ4n) is 1.45. The molecule has 0 spiro atoms. The zero-order valence-electron chi connectivity index (χ0n) is 9.38. The molecule has 0 aliphatic carbocycles. The Hall–Kier alpha value is -0.110. The van der Waals surface area contributed by atoms with E-state index in [1.165, 1.54) is 0 Å². The van der Waals surface area contributed by atoms with Crippen LogP contribution in [0.4, 0.5) is 5.69 Å². The Labute approximate surface area is 146 Å². The van der Waals surface area contributed by atoms with Crippen molar-refractivity contribution in [2.24, 2.45) is 0 Å². The largest absolute Gasteiger partial charge is 0.321 e. The molecule has 1 N–H and O–H groups in total. The van der Waals surface area contributed by atoms with E-state index in [-0.39, 0.29) is 5.91 Å². The summed E-state index contributed by atoms with van der Waals surface area (Å²) in [5, 5.41) is 3.27. The Kier molecular flexibility index (Phi) is 5.28. The summed E-state index contributed by atoms with van der Waals surface area (Å²) < 4.78 is 2.73. The van der Waals surface area contributed by atoms with Crippen LogP contribution in [0.15, 0.2) is 45.3 Å². The van der Waals surface area contributed by atoms with Crippen LogP contribution in [0, 0.1) is 3.57 Å². The van der Waals surface area contributed by atoms with Gasteiger partial charge in [-0.3, -0.25) is 4.79 Å². The molecule has 0 fully saturated rings. The summed E-state index contributed by atoms with van der Waals surface area (Å²) in [6.07, 6.45) is 0. The lowest BCUT2D eigenvalue weighted by molar-refractivity contribution is 0.102. The Morgan fingerprint density at radius 1 is 1.11 bits per heavy atom. The van der Waals surface area contributed by atoms with Crippen molar-refractivity contribution in [3.05, 3.63) is 59.5 Å². The summed E-state index contributed by atoms with van der Waals surface area (Å²) in [5.74, 6) is -0.230. The first-order valence-corrected chi connectivity index (χ1v) is 8.23. The maximum Gasteiger partial charge on any atom is 0.257 e. The summed E-state index contributed by atoms with van der Waals surface area (Å²) >= 11 is 14.9. The smallest absolute Gasteiger partial charge is 0.257 e. The Morgan fingerprint density at radius 2 is 1.74 bits per heavy atom. The Balaban J connectivity index is 2.28. The molecular weight excluding hydrogens is 508 g/mol. The van der Waals surface area contributed by atoms with Gasteiger partial charge in [0.25, 0.3) is 5.91 Å². The number of amides is 1. The van der Waals surface area contributed by atoms with Crippen molar-refractivity contribution in [2.45, 2.75) is 0 Å². The van der Waals surface area contributed by atoms with E-state index in [1.807, 2.05) is 18.2 Å². The summed E-state index contributed by atoms with van der Waals surface area (Å²) in [5.41, 5.74) is 1.19. The fraction of sp³-hybridized carbons (Fsp3) is 0. The molecule has 2 nitrogen and oxygen atoms in total. The number of rotatable bonds is 2. The molecule has 0 radical (unpaired) electrons. The number of hydrogen-bond donors (Lipinski definition) is 1. The van der Waals surface area contributed by atoms with Gasteiger partial charge in [0.1, 0.15) is 0 Å². The van der Waals surface area contributed by atoms with Crippen LogP contribution in [0.5, 0.6) is 0 Å². The summed E-state index contributed by atoms with van der Waals surface area (Å²) in [6.45, 7) is 0. The molecule has 6 heteroatoms. The second-order valence-corrected chi connectivity index (χ2v) is 7.10. The van der Waals surface area contributed by atoms with Gasteiger partial charge in [-0.2, -0.15) is 0 Å². The first-order chi connectivity index (χ1) is 8.97. The van der Waals surface area contributed by atoms with Gasteiger partial charge in [-0.1, -0.05) is 43.5 Å². The van der Waals surface area contributed by atoms with E-state index < -0.39 is 0 Å². The van der Waals surface area contributed by atoms with Crippen molar-refractivity contribution in [2.75, 3.05) is 5.32 Å². The molecule has 0 atom stereocenters. The number of carbonyl (C=O) groups is 1. The number of hydrogen-bond acceptors (Lipinski definition) is 1. The molecular formula is C13H7Br2ClINO. The van der Waals surface area contributed by atoms with Crippen molar-refractivity contribution in [3.8, 4) is 0 Å². The zero-order valence-corrected chi connectivity index (χ0v) is 15.5.